The summed E-state index contributed by atoms with van der Waals surface area (Å²) >= 11 is 0. The number of hydrogen-bond donors (Lipinski definition) is 1. The van der Waals surface area contributed by atoms with Gasteiger partial charge in [0.15, 0.2) is 0 Å². The van der Waals surface area contributed by atoms with Crippen LogP contribution < -0.4 is 10.2 Å². The Bertz CT molecular complexity index is 515. The van der Waals surface area contributed by atoms with Crippen molar-refractivity contribution in [2.24, 2.45) is 0 Å². The lowest BCUT2D eigenvalue weighted by molar-refractivity contribution is -0.145. The van der Waals surface area contributed by atoms with Crippen LogP contribution in [0.5, 0.6) is 0 Å². The maximum Gasteiger partial charge on any atom is 0.329 e. The van der Waals surface area contributed by atoms with Gasteiger partial charge in [-0.15, -0.1) is 0 Å². The summed E-state index contributed by atoms with van der Waals surface area (Å²) in [5.74, 6) is -0.843. The second kappa shape index (κ2) is 6.18. The average Bonchev–Trinajstić information content (AvgIpc) is 2.59. The first-order chi connectivity index (χ1) is 9.63. The van der Waals surface area contributed by atoms with Crippen LogP contribution in [0.4, 0.5) is 10.5 Å². The molecule has 0 aliphatic carbocycles. The van der Waals surface area contributed by atoms with Crippen molar-refractivity contribution < 1.29 is 19.1 Å². The Balaban J connectivity index is 2.19. The lowest BCUT2D eigenvalue weighted by Crippen LogP contribution is -2.47. The molecule has 0 radical (unpaired) electrons. The molecule has 1 saturated heterocycles. The van der Waals surface area contributed by atoms with Crippen molar-refractivity contribution in [3.05, 3.63) is 30.3 Å². The predicted molar refractivity (Wildman–Crippen MR) is 72.1 cm³/mol. The zero-order chi connectivity index (χ0) is 14.5. The molecule has 1 aliphatic rings. The van der Waals surface area contributed by atoms with Gasteiger partial charge in [0.1, 0.15) is 6.04 Å². The number of esters is 1. The van der Waals surface area contributed by atoms with E-state index in [-0.39, 0.29) is 25.4 Å². The third kappa shape index (κ3) is 2.96. The Kier molecular flexibility index (Phi) is 4.34. The Morgan fingerprint density at radius 1 is 1.35 bits per heavy atom. The highest BCUT2D eigenvalue weighted by Gasteiger charge is 2.33. The molecule has 1 aromatic rings. The lowest BCUT2D eigenvalue weighted by atomic mass is 10.1. The lowest BCUT2D eigenvalue weighted by Gasteiger charge is -2.19. The monoisotopic (exact) mass is 276 g/mol. The molecule has 0 saturated carbocycles. The average molecular weight is 276 g/mol. The normalized spacial score (nSPS) is 19.2. The molecule has 6 nitrogen and oxygen atoms in total. The van der Waals surface area contributed by atoms with Crippen LogP contribution in [0.25, 0.3) is 0 Å². The summed E-state index contributed by atoms with van der Waals surface area (Å²) in [4.78, 5) is 36.9. The zero-order valence-corrected chi connectivity index (χ0v) is 11.2. The number of anilines is 1. The van der Waals surface area contributed by atoms with Crippen LogP contribution in [0.3, 0.4) is 0 Å². The van der Waals surface area contributed by atoms with E-state index in [1.54, 1.807) is 37.3 Å². The highest BCUT2D eigenvalue weighted by atomic mass is 16.5. The Hall–Kier alpha value is -2.37. The number of rotatable bonds is 3. The van der Waals surface area contributed by atoms with Crippen molar-refractivity contribution in [1.29, 1.82) is 0 Å². The summed E-state index contributed by atoms with van der Waals surface area (Å²) in [6.07, 6.45) is 0.351. The Morgan fingerprint density at radius 2 is 2.05 bits per heavy atom. The fourth-order valence-corrected chi connectivity index (χ4v) is 2.04. The van der Waals surface area contributed by atoms with Crippen LogP contribution in [0.2, 0.25) is 0 Å². The van der Waals surface area contributed by atoms with Gasteiger partial charge in [0.25, 0.3) is 0 Å². The van der Waals surface area contributed by atoms with Crippen LogP contribution in [0.15, 0.2) is 30.3 Å². The SMILES string of the molecule is CCOC(=O)C1CCC(=O)N(c2ccccc2)C(=O)N1. The van der Waals surface area contributed by atoms with Gasteiger partial charge >= 0.3 is 12.0 Å². The topological polar surface area (TPSA) is 75.7 Å². The first kappa shape index (κ1) is 14.0. The Labute approximate surface area is 116 Å². The molecule has 0 bridgehead atoms. The molecular weight excluding hydrogens is 260 g/mol. The van der Waals surface area contributed by atoms with Gasteiger partial charge in [-0.05, 0) is 25.5 Å². The first-order valence-corrected chi connectivity index (χ1v) is 6.48. The molecule has 1 N–H and O–H groups in total. The summed E-state index contributed by atoms with van der Waals surface area (Å²) in [6, 6.07) is 7.24. The molecule has 6 heteroatoms. The van der Waals surface area contributed by atoms with Crippen molar-refractivity contribution in [3.8, 4) is 0 Å². The van der Waals surface area contributed by atoms with E-state index >= 15 is 0 Å². The number of nitrogens with zero attached hydrogens (tertiary/aromatic N) is 1. The summed E-state index contributed by atoms with van der Waals surface area (Å²) in [5.41, 5.74) is 0.486. The first-order valence-electron chi connectivity index (χ1n) is 6.48. The quantitative estimate of drug-likeness (QED) is 0.848. The highest BCUT2D eigenvalue weighted by molar-refractivity contribution is 6.15. The van der Waals surface area contributed by atoms with Gasteiger partial charge in [0.2, 0.25) is 5.91 Å². The molecule has 1 heterocycles. The minimum absolute atomic E-state index is 0.108. The van der Waals surface area contributed by atoms with Crippen LogP contribution in [-0.4, -0.2) is 30.6 Å². The van der Waals surface area contributed by atoms with Crippen LogP contribution in [-0.2, 0) is 14.3 Å². The van der Waals surface area contributed by atoms with E-state index in [1.165, 1.54) is 0 Å². The fraction of sp³-hybridized carbons (Fsp3) is 0.357. The van der Waals surface area contributed by atoms with Crippen molar-refractivity contribution >= 4 is 23.6 Å². The second-order valence-electron chi connectivity index (χ2n) is 4.36. The number of amides is 3. The van der Waals surface area contributed by atoms with Crippen molar-refractivity contribution in [2.75, 3.05) is 11.5 Å². The van der Waals surface area contributed by atoms with Gasteiger partial charge in [-0.1, -0.05) is 18.2 Å². The van der Waals surface area contributed by atoms with Crippen LogP contribution >= 0.6 is 0 Å². The number of carbonyl (C=O) groups is 3. The molecule has 0 aromatic heterocycles. The molecule has 20 heavy (non-hydrogen) atoms. The number of nitrogens with one attached hydrogen (secondary N) is 1. The van der Waals surface area contributed by atoms with Gasteiger partial charge < -0.3 is 10.1 Å². The van der Waals surface area contributed by atoms with E-state index in [0.29, 0.717) is 5.69 Å². The summed E-state index contributed by atoms with van der Waals surface area (Å²) in [5, 5.41) is 2.53. The number of carbonyl (C=O) groups excluding carboxylic acids is 3. The van der Waals surface area contributed by atoms with Gasteiger partial charge in [-0.25, -0.2) is 14.5 Å². The van der Waals surface area contributed by atoms with Crippen LogP contribution in [0, 0.1) is 0 Å². The number of para-hydroxylation sites is 1. The summed E-state index contributed by atoms with van der Waals surface area (Å²) in [6.45, 7) is 1.93. The van der Waals surface area contributed by atoms with Crippen molar-refractivity contribution in [3.63, 3.8) is 0 Å². The summed E-state index contributed by atoms with van der Waals surface area (Å²) in [7, 11) is 0. The minimum atomic E-state index is -0.778. The van der Waals surface area contributed by atoms with Gasteiger partial charge in [0.05, 0.1) is 12.3 Å². The summed E-state index contributed by atoms with van der Waals surface area (Å²) < 4.78 is 4.88. The number of ether oxygens (including phenoxy) is 1. The largest absolute Gasteiger partial charge is 0.464 e. The molecule has 0 spiro atoms. The highest BCUT2D eigenvalue weighted by Crippen LogP contribution is 2.19. The standard InChI is InChI=1S/C14H16N2O4/c1-2-20-13(18)11-8-9-12(17)16(14(19)15-11)10-6-4-3-5-7-10/h3-7,11H,2,8-9H2,1H3,(H,15,19). The maximum absolute atomic E-state index is 12.1. The van der Waals surface area contributed by atoms with E-state index in [1.807, 2.05) is 0 Å². The van der Waals surface area contributed by atoms with Gasteiger partial charge in [-0.2, -0.15) is 0 Å². The zero-order valence-electron chi connectivity index (χ0n) is 11.2. The third-order valence-electron chi connectivity index (χ3n) is 2.98. The second-order valence-corrected chi connectivity index (χ2v) is 4.36. The van der Waals surface area contributed by atoms with E-state index in [0.717, 1.165) is 4.90 Å². The molecule has 3 amide bonds. The number of imide groups is 1. The molecule has 1 atom stereocenters. The van der Waals surface area contributed by atoms with Gasteiger partial charge in [-0.3, -0.25) is 4.79 Å². The van der Waals surface area contributed by atoms with Crippen molar-refractivity contribution in [2.45, 2.75) is 25.8 Å². The van der Waals surface area contributed by atoms with E-state index in [4.69, 9.17) is 4.74 Å². The number of benzene rings is 1. The molecule has 106 valence electrons. The third-order valence-corrected chi connectivity index (χ3v) is 2.98. The number of hydrogen-bond acceptors (Lipinski definition) is 4. The van der Waals surface area contributed by atoms with Crippen LogP contribution in [0.1, 0.15) is 19.8 Å². The van der Waals surface area contributed by atoms with Crippen molar-refractivity contribution in [1.82, 2.24) is 5.32 Å². The predicted octanol–water partition coefficient (Wildman–Crippen LogP) is 1.45. The van der Waals surface area contributed by atoms with E-state index in [9.17, 15) is 14.4 Å². The molecule has 1 fully saturated rings. The molecule has 1 unspecified atom stereocenters. The molecule has 2 rings (SSSR count). The number of urea groups is 1. The van der Waals surface area contributed by atoms with Gasteiger partial charge in [0, 0.05) is 6.42 Å². The smallest absolute Gasteiger partial charge is 0.329 e. The van der Waals surface area contributed by atoms with E-state index < -0.39 is 18.0 Å². The van der Waals surface area contributed by atoms with E-state index in [2.05, 4.69) is 5.32 Å². The maximum atomic E-state index is 12.1. The minimum Gasteiger partial charge on any atom is -0.464 e. The fourth-order valence-electron chi connectivity index (χ4n) is 2.04. The molecule has 1 aromatic carbocycles. The molecular formula is C14H16N2O4. The Morgan fingerprint density at radius 3 is 2.70 bits per heavy atom. The molecule has 1 aliphatic heterocycles.